The van der Waals surface area contributed by atoms with Gasteiger partial charge in [0.15, 0.2) is 0 Å². The van der Waals surface area contributed by atoms with E-state index in [9.17, 15) is 4.79 Å². The normalized spacial score (nSPS) is 12.4. The molecule has 0 aliphatic rings. The number of methoxy groups -OCH3 is 1. The van der Waals surface area contributed by atoms with Crippen molar-refractivity contribution in [1.82, 2.24) is 0 Å². The molecule has 0 amide bonds. The van der Waals surface area contributed by atoms with E-state index in [1.807, 2.05) is 19.9 Å². The van der Waals surface area contributed by atoms with E-state index in [4.69, 9.17) is 4.74 Å². The van der Waals surface area contributed by atoms with Gasteiger partial charge in [-0.05, 0) is 29.5 Å². The Kier molecular flexibility index (Phi) is 5.11. The van der Waals surface area contributed by atoms with Crippen molar-refractivity contribution in [3.8, 4) is 5.75 Å². The molecule has 0 aromatic heterocycles. The minimum atomic E-state index is -0.198. The SMILES string of the molecule is COc1ccc(C(C)C)cc1C(N=C=O)C(C)C. The largest absolute Gasteiger partial charge is 0.496 e. The number of isocyanates is 1. The summed E-state index contributed by atoms with van der Waals surface area (Å²) in [5, 5.41) is 0. The second-order valence-corrected chi connectivity index (χ2v) is 5.07. The summed E-state index contributed by atoms with van der Waals surface area (Å²) < 4.78 is 5.37. The first-order valence-corrected chi connectivity index (χ1v) is 6.26. The van der Waals surface area contributed by atoms with Crippen molar-refractivity contribution in [3.05, 3.63) is 29.3 Å². The van der Waals surface area contributed by atoms with Crippen molar-refractivity contribution in [1.29, 1.82) is 0 Å². The van der Waals surface area contributed by atoms with E-state index in [-0.39, 0.29) is 12.0 Å². The number of aliphatic imine (C=N–C) groups is 1. The zero-order valence-electron chi connectivity index (χ0n) is 11.7. The van der Waals surface area contributed by atoms with Crippen LogP contribution in [-0.4, -0.2) is 13.2 Å². The molecule has 0 aliphatic heterocycles. The van der Waals surface area contributed by atoms with E-state index in [2.05, 4.69) is 31.0 Å². The highest BCUT2D eigenvalue weighted by atomic mass is 16.5. The molecule has 1 unspecified atom stereocenters. The molecule has 1 rings (SSSR count). The molecule has 0 saturated carbocycles. The molecule has 0 saturated heterocycles. The molecular weight excluding hydrogens is 226 g/mol. The Morgan fingerprint density at radius 2 is 1.89 bits per heavy atom. The molecule has 0 aliphatic carbocycles. The fourth-order valence-corrected chi connectivity index (χ4v) is 1.98. The maximum atomic E-state index is 10.6. The maximum Gasteiger partial charge on any atom is 0.235 e. The van der Waals surface area contributed by atoms with Crippen molar-refractivity contribution < 1.29 is 9.53 Å². The average Bonchev–Trinajstić information content (AvgIpc) is 2.34. The monoisotopic (exact) mass is 247 g/mol. The molecule has 3 heteroatoms. The molecule has 1 aromatic carbocycles. The van der Waals surface area contributed by atoms with Gasteiger partial charge < -0.3 is 4.74 Å². The van der Waals surface area contributed by atoms with Crippen LogP contribution in [0.25, 0.3) is 0 Å². The van der Waals surface area contributed by atoms with Gasteiger partial charge in [0.05, 0.1) is 13.2 Å². The van der Waals surface area contributed by atoms with Crippen LogP contribution >= 0.6 is 0 Å². The lowest BCUT2D eigenvalue weighted by molar-refractivity contribution is 0.396. The third kappa shape index (κ3) is 3.21. The number of nitrogens with zero attached hydrogens (tertiary/aromatic N) is 1. The van der Waals surface area contributed by atoms with Crippen LogP contribution in [0, 0.1) is 5.92 Å². The Hall–Kier alpha value is -1.60. The topological polar surface area (TPSA) is 38.7 Å². The summed E-state index contributed by atoms with van der Waals surface area (Å²) in [4.78, 5) is 14.5. The highest BCUT2D eigenvalue weighted by Crippen LogP contribution is 2.34. The second kappa shape index (κ2) is 6.36. The van der Waals surface area contributed by atoms with Crippen LogP contribution in [0.5, 0.6) is 5.75 Å². The Bertz CT molecular complexity index is 446. The van der Waals surface area contributed by atoms with E-state index in [1.54, 1.807) is 13.2 Å². The average molecular weight is 247 g/mol. The summed E-state index contributed by atoms with van der Waals surface area (Å²) in [5.41, 5.74) is 2.18. The van der Waals surface area contributed by atoms with E-state index < -0.39 is 0 Å². The zero-order valence-corrected chi connectivity index (χ0v) is 11.7. The molecule has 98 valence electrons. The summed E-state index contributed by atoms with van der Waals surface area (Å²) in [6.07, 6.45) is 1.67. The highest BCUT2D eigenvalue weighted by Gasteiger charge is 2.20. The van der Waals surface area contributed by atoms with Crippen LogP contribution < -0.4 is 4.74 Å². The van der Waals surface area contributed by atoms with Crippen molar-refractivity contribution in [2.75, 3.05) is 7.11 Å². The third-order valence-corrected chi connectivity index (χ3v) is 3.06. The zero-order chi connectivity index (χ0) is 13.7. The smallest absolute Gasteiger partial charge is 0.235 e. The first-order valence-electron chi connectivity index (χ1n) is 6.26. The summed E-state index contributed by atoms with van der Waals surface area (Å²) in [6.45, 7) is 8.35. The van der Waals surface area contributed by atoms with E-state index in [1.165, 1.54) is 5.56 Å². The summed E-state index contributed by atoms with van der Waals surface area (Å²) in [7, 11) is 1.63. The summed E-state index contributed by atoms with van der Waals surface area (Å²) in [6, 6.07) is 5.88. The summed E-state index contributed by atoms with van der Waals surface area (Å²) in [5.74, 6) is 1.43. The van der Waals surface area contributed by atoms with Gasteiger partial charge in [-0.3, -0.25) is 0 Å². The Morgan fingerprint density at radius 3 is 2.33 bits per heavy atom. The number of hydrogen-bond acceptors (Lipinski definition) is 3. The van der Waals surface area contributed by atoms with Crippen LogP contribution in [0.2, 0.25) is 0 Å². The van der Waals surface area contributed by atoms with Gasteiger partial charge in [0.1, 0.15) is 5.75 Å². The molecule has 0 bridgehead atoms. The molecule has 18 heavy (non-hydrogen) atoms. The van der Waals surface area contributed by atoms with Gasteiger partial charge in [0.25, 0.3) is 0 Å². The predicted octanol–water partition coefficient (Wildman–Crippen LogP) is 3.85. The van der Waals surface area contributed by atoms with Crippen LogP contribution in [0.3, 0.4) is 0 Å². The number of ether oxygens (including phenoxy) is 1. The fourth-order valence-electron chi connectivity index (χ4n) is 1.98. The van der Waals surface area contributed by atoms with E-state index in [0.717, 1.165) is 11.3 Å². The lowest BCUT2D eigenvalue weighted by Gasteiger charge is -2.20. The molecule has 0 radical (unpaired) electrons. The first-order chi connectivity index (χ1) is 8.51. The number of hydrogen-bond donors (Lipinski definition) is 0. The predicted molar refractivity (Wildman–Crippen MR) is 72.8 cm³/mol. The molecule has 0 fully saturated rings. The van der Waals surface area contributed by atoms with Crippen LogP contribution in [-0.2, 0) is 4.79 Å². The quantitative estimate of drug-likeness (QED) is 0.585. The van der Waals surface area contributed by atoms with Crippen LogP contribution in [0.15, 0.2) is 23.2 Å². The van der Waals surface area contributed by atoms with E-state index in [0.29, 0.717) is 5.92 Å². The van der Waals surface area contributed by atoms with Gasteiger partial charge in [-0.15, -0.1) is 0 Å². The standard InChI is InChI=1S/C15H21NO2/c1-10(2)12-6-7-14(18-5)13(8-12)15(11(3)4)16-9-17/h6-8,10-11,15H,1-5H3. The van der Waals surface area contributed by atoms with Gasteiger partial charge in [-0.1, -0.05) is 33.8 Å². The highest BCUT2D eigenvalue weighted by molar-refractivity contribution is 5.43. The summed E-state index contributed by atoms with van der Waals surface area (Å²) >= 11 is 0. The molecule has 0 heterocycles. The number of carbonyl (C=O) groups excluding carboxylic acids is 1. The van der Waals surface area contributed by atoms with Gasteiger partial charge in [0.2, 0.25) is 6.08 Å². The maximum absolute atomic E-state index is 10.6. The van der Waals surface area contributed by atoms with Crippen molar-refractivity contribution in [2.24, 2.45) is 10.9 Å². The lowest BCUT2D eigenvalue weighted by atomic mass is 9.92. The van der Waals surface area contributed by atoms with E-state index >= 15 is 0 Å². The fraction of sp³-hybridized carbons (Fsp3) is 0.533. The Labute approximate surface area is 109 Å². The number of rotatable bonds is 5. The lowest BCUT2D eigenvalue weighted by Crippen LogP contribution is -2.07. The number of benzene rings is 1. The first kappa shape index (κ1) is 14.5. The molecule has 0 N–H and O–H groups in total. The van der Waals surface area contributed by atoms with Crippen molar-refractivity contribution >= 4 is 6.08 Å². The minimum Gasteiger partial charge on any atom is -0.496 e. The van der Waals surface area contributed by atoms with Crippen molar-refractivity contribution in [3.63, 3.8) is 0 Å². The molecule has 1 atom stereocenters. The minimum absolute atomic E-state index is 0.198. The van der Waals surface area contributed by atoms with Gasteiger partial charge >= 0.3 is 0 Å². The Balaban J connectivity index is 3.32. The molecule has 3 nitrogen and oxygen atoms in total. The van der Waals surface area contributed by atoms with Crippen LogP contribution in [0.1, 0.15) is 50.8 Å². The van der Waals surface area contributed by atoms with Crippen molar-refractivity contribution in [2.45, 2.75) is 39.7 Å². The van der Waals surface area contributed by atoms with Crippen LogP contribution in [0.4, 0.5) is 0 Å². The third-order valence-electron chi connectivity index (χ3n) is 3.06. The second-order valence-electron chi connectivity index (χ2n) is 5.07. The molecular formula is C15H21NO2. The molecule has 1 aromatic rings. The Morgan fingerprint density at radius 1 is 1.22 bits per heavy atom. The van der Waals surface area contributed by atoms with Gasteiger partial charge in [0, 0.05) is 5.56 Å². The molecule has 0 spiro atoms. The van der Waals surface area contributed by atoms with Gasteiger partial charge in [-0.25, -0.2) is 4.79 Å². The van der Waals surface area contributed by atoms with Gasteiger partial charge in [-0.2, -0.15) is 4.99 Å².